The maximum absolute atomic E-state index is 6.00. The number of thioether (sulfide) groups is 1. The van der Waals surface area contributed by atoms with E-state index in [1.165, 1.54) is 42.7 Å². The van der Waals surface area contributed by atoms with Crippen molar-refractivity contribution in [1.82, 2.24) is 4.90 Å². The van der Waals surface area contributed by atoms with Crippen LogP contribution >= 0.6 is 11.8 Å². The van der Waals surface area contributed by atoms with Gasteiger partial charge in [0, 0.05) is 24.0 Å². The van der Waals surface area contributed by atoms with Crippen molar-refractivity contribution in [3.63, 3.8) is 0 Å². The molecule has 106 valence electrons. The summed E-state index contributed by atoms with van der Waals surface area (Å²) in [7, 11) is 2.22. The van der Waals surface area contributed by atoms with Crippen LogP contribution in [0.5, 0.6) is 0 Å². The van der Waals surface area contributed by atoms with Crippen molar-refractivity contribution < 1.29 is 0 Å². The molecule has 0 amide bonds. The van der Waals surface area contributed by atoms with Crippen LogP contribution in [-0.4, -0.2) is 31.3 Å². The fourth-order valence-electron chi connectivity index (χ4n) is 3.12. The number of likely N-dealkylation sites (N-methyl/N-ethyl adjacent to an activating group) is 1. The Hall–Kier alpha value is -0.510. The van der Waals surface area contributed by atoms with E-state index in [-0.39, 0.29) is 0 Å². The normalized spacial score (nSPS) is 18.1. The van der Waals surface area contributed by atoms with Gasteiger partial charge in [-0.25, -0.2) is 0 Å². The summed E-state index contributed by atoms with van der Waals surface area (Å²) >= 11 is 1.79. The topological polar surface area (TPSA) is 29.3 Å². The second-order valence-electron chi connectivity index (χ2n) is 5.61. The molecule has 1 saturated carbocycles. The second-order valence-corrected chi connectivity index (χ2v) is 6.49. The Bertz CT molecular complexity index is 371. The van der Waals surface area contributed by atoms with Gasteiger partial charge in [0.25, 0.3) is 0 Å². The van der Waals surface area contributed by atoms with Crippen molar-refractivity contribution in [3.8, 4) is 0 Å². The maximum atomic E-state index is 6.00. The molecule has 0 bridgehead atoms. The van der Waals surface area contributed by atoms with Crippen LogP contribution in [0.3, 0.4) is 0 Å². The van der Waals surface area contributed by atoms with E-state index in [4.69, 9.17) is 5.73 Å². The lowest BCUT2D eigenvalue weighted by molar-refractivity contribution is 0.212. The maximum Gasteiger partial charge on any atom is 0.0467 e. The third kappa shape index (κ3) is 3.98. The van der Waals surface area contributed by atoms with E-state index in [0.29, 0.717) is 12.6 Å². The molecule has 1 aliphatic rings. The Morgan fingerprint density at radius 3 is 2.42 bits per heavy atom. The van der Waals surface area contributed by atoms with Crippen molar-refractivity contribution in [2.75, 3.05) is 26.4 Å². The molecule has 0 saturated heterocycles. The van der Waals surface area contributed by atoms with Crippen molar-refractivity contribution in [2.45, 2.75) is 36.6 Å². The molecular formula is C16H26N2S. The Morgan fingerprint density at radius 2 is 1.89 bits per heavy atom. The number of hydrogen-bond donors (Lipinski definition) is 1. The molecule has 0 aromatic heterocycles. The van der Waals surface area contributed by atoms with Gasteiger partial charge >= 0.3 is 0 Å². The van der Waals surface area contributed by atoms with Gasteiger partial charge in [-0.3, -0.25) is 4.90 Å². The minimum absolute atomic E-state index is 0.358. The minimum Gasteiger partial charge on any atom is -0.329 e. The number of nitrogens with two attached hydrogens (primary N) is 1. The lowest BCUT2D eigenvalue weighted by Gasteiger charge is -2.29. The first-order valence-electron chi connectivity index (χ1n) is 7.29. The zero-order chi connectivity index (χ0) is 13.7. The summed E-state index contributed by atoms with van der Waals surface area (Å²) in [5, 5.41) is 0. The van der Waals surface area contributed by atoms with Crippen LogP contribution in [0, 0.1) is 5.92 Å². The minimum atomic E-state index is 0.358. The predicted molar refractivity (Wildman–Crippen MR) is 84.6 cm³/mol. The predicted octanol–water partition coefficient (Wildman–Crippen LogP) is 3.53. The van der Waals surface area contributed by atoms with E-state index in [9.17, 15) is 0 Å². The molecule has 2 rings (SSSR count). The molecule has 0 radical (unpaired) electrons. The van der Waals surface area contributed by atoms with Gasteiger partial charge < -0.3 is 5.73 Å². The van der Waals surface area contributed by atoms with E-state index in [2.05, 4.69) is 42.5 Å². The van der Waals surface area contributed by atoms with Crippen LogP contribution in [0.4, 0.5) is 0 Å². The van der Waals surface area contributed by atoms with Crippen LogP contribution < -0.4 is 5.73 Å². The first-order valence-corrected chi connectivity index (χ1v) is 8.51. The highest BCUT2D eigenvalue weighted by Gasteiger charge is 2.21. The average Bonchev–Trinajstić information content (AvgIpc) is 2.93. The quantitative estimate of drug-likeness (QED) is 0.807. The third-order valence-electron chi connectivity index (χ3n) is 4.28. The molecule has 2 nitrogen and oxygen atoms in total. The molecule has 1 aliphatic carbocycles. The molecule has 0 spiro atoms. The van der Waals surface area contributed by atoms with Crippen LogP contribution in [0.1, 0.15) is 37.3 Å². The van der Waals surface area contributed by atoms with Crippen LogP contribution in [-0.2, 0) is 0 Å². The van der Waals surface area contributed by atoms with Crippen molar-refractivity contribution in [2.24, 2.45) is 11.7 Å². The molecule has 1 atom stereocenters. The molecule has 0 aliphatic heterocycles. The number of benzene rings is 1. The fraction of sp³-hybridized carbons (Fsp3) is 0.625. The van der Waals surface area contributed by atoms with Crippen LogP contribution in [0.15, 0.2) is 29.2 Å². The standard InChI is InChI=1S/C16H26N2S/c1-18(12-13-5-3-4-6-13)16(11-17)14-7-9-15(19-2)10-8-14/h7-10,13,16H,3-6,11-12,17H2,1-2H3. The monoisotopic (exact) mass is 278 g/mol. The van der Waals surface area contributed by atoms with Gasteiger partial charge in [-0.05, 0) is 49.8 Å². The zero-order valence-corrected chi connectivity index (χ0v) is 13.0. The highest BCUT2D eigenvalue weighted by molar-refractivity contribution is 7.98. The van der Waals surface area contributed by atoms with Crippen molar-refractivity contribution >= 4 is 11.8 Å². The van der Waals surface area contributed by atoms with Gasteiger partial charge in [0.05, 0.1) is 0 Å². The molecule has 1 unspecified atom stereocenters. The summed E-state index contributed by atoms with van der Waals surface area (Å²) in [6.45, 7) is 1.88. The molecule has 19 heavy (non-hydrogen) atoms. The first-order chi connectivity index (χ1) is 9.24. The summed E-state index contributed by atoms with van der Waals surface area (Å²) in [6.07, 6.45) is 7.73. The highest BCUT2D eigenvalue weighted by Crippen LogP contribution is 2.28. The van der Waals surface area contributed by atoms with E-state index >= 15 is 0 Å². The Labute approximate surface area is 121 Å². The second kappa shape index (κ2) is 7.32. The lowest BCUT2D eigenvalue weighted by Crippen LogP contribution is -2.33. The van der Waals surface area contributed by atoms with E-state index in [0.717, 1.165) is 5.92 Å². The summed E-state index contributed by atoms with van der Waals surface area (Å²) < 4.78 is 0. The Morgan fingerprint density at radius 1 is 1.26 bits per heavy atom. The van der Waals surface area contributed by atoms with Gasteiger partial charge in [-0.15, -0.1) is 11.8 Å². The van der Waals surface area contributed by atoms with Gasteiger partial charge in [-0.1, -0.05) is 25.0 Å². The van der Waals surface area contributed by atoms with Gasteiger partial charge in [0.2, 0.25) is 0 Å². The number of rotatable bonds is 6. The van der Waals surface area contributed by atoms with Gasteiger partial charge in [-0.2, -0.15) is 0 Å². The summed E-state index contributed by atoms with van der Waals surface area (Å²) in [5.41, 5.74) is 7.35. The molecule has 3 heteroatoms. The van der Waals surface area contributed by atoms with E-state index < -0.39 is 0 Å². The first kappa shape index (κ1) is 14.9. The number of hydrogen-bond acceptors (Lipinski definition) is 3. The van der Waals surface area contributed by atoms with Crippen molar-refractivity contribution in [3.05, 3.63) is 29.8 Å². The lowest BCUT2D eigenvalue weighted by atomic mass is 10.0. The molecule has 1 aromatic carbocycles. The number of nitrogens with zero attached hydrogens (tertiary/aromatic N) is 1. The average molecular weight is 278 g/mol. The van der Waals surface area contributed by atoms with Crippen LogP contribution in [0.25, 0.3) is 0 Å². The summed E-state index contributed by atoms with van der Waals surface area (Å²) in [4.78, 5) is 3.77. The summed E-state index contributed by atoms with van der Waals surface area (Å²) in [6, 6.07) is 9.22. The van der Waals surface area contributed by atoms with Crippen LogP contribution in [0.2, 0.25) is 0 Å². The zero-order valence-electron chi connectivity index (χ0n) is 12.1. The SMILES string of the molecule is CSc1ccc(C(CN)N(C)CC2CCCC2)cc1. The third-order valence-corrected chi connectivity index (χ3v) is 5.02. The molecule has 1 aromatic rings. The molecule has 0 heterocycles. The summed E-state index contributed by atoms with van der Waals surface area (Å²) in [5.74, 6) is 0.879. The fourth-order valence-corrected chi connectivity index (χ4v) is 3.53. The smallest absolute Gasteiger partial charge is 0.0467 e. The Balaban J connectivity index is 2.00. The molecular weight excluding hydrogens is 252 g/mol. The van der Waals surface area contributed by atoms with E-state index in [1.54, 1.807) is 11.8 Å². The Kier molecular flexibility index (Phi) is 5.74. The highest BCUT2D eigenvalue weighted by atomic mass is 32.2. The largest absolute Gasteiger partial charge is 0.329 e. The molecule has 1 fully saturated rings. The molecule has 2 N–H and O–H groups in total. The van der Waals surface area contributed by atoms with E-state index in [1.807, 2.05) is 0 Å². The van der Waals surface area contributed by atoms with Gasteiger partial charge in [0.15, 0.2) is 0 Å². The van der Waals surface area contributed by atoms with Crippen molar-refractivity contribution in [1.29, 1.82) is 0 Å². The van der Waals surface area contributed by atoms with Gasteiger partial charge in [0.1, 0.15) is 0 Å².